The molecule has 12 unspecified atom stereocenters. The van der Waals surface area contributed by atoms with E-state index in [4.69, 9.17) is 23.7 Å². The molecule has 2 fully saturated rings. The van der Waals surface area contributed by atoms with Crippen molar-refractivity contribution in [3.63, 3.8) is 0 Å². The van der Waals surface area contributed by atoms with Crippen LogP contribution < -0.4 is 0 Å². The number of nitrogens with one attached hydrogen (secondary N) is 1. The fourth-order valence-corrected chi connectivity index (χ4v) is 7.37. The van der Waals surface area contributed by atoms with Gasteiger partial charge in [-0.25, -0.2) is 9.59 Å². The van der Waals surface area contributed by atoms with E-state index in [0.717, 1.165) is 5.57 Å². The molecule has 1 aromatic rings. The maximum atomic E-state index is 13.0. The fourth-order valence-electron chi connectivity index (χ4n) is 7.37. The molecule has 0 amide bonds. The van der Waals surface area contributed by atoms with E-state index in [9.17, 15) is 24.9 Å². The Kier molecular flexibility index (Phi) is 8.24. The molecule has 5 rings (SSSR count). The quantitative estimate of drug-likeness (QED) is 0.280. The molecule has 1 saturated heterocycles. The molecule has 2 aliphatic carbocycles. The number of aliphatic hydroxyl groups excluding tert-OH is 3. The molecule has 2 aliphatic heterocycles. The number of carbonyl (C=O) groups is 2. The van der Waals surface area contributed by atoms with Crippen molar-refractivity contribution in [1.82, 2.24) is 4.98 Å². The number of H-pyrrole nitrogens is 1. The average molecular weight is 562 g/mol. The topological polar surface area (TPSA) is 157 Å². The molecular formula is C29H39NO10. The van der Waals surface area contributed by atoms with Crippen molar-refractivity contribution < 1.29 is 48.6 Å². The van der Waals surface area contributed by atoms with E-state index in [1.807, 2.05) is 32.1 Å². The Balaban J connectivity index is 1.57. The molecule has 220 valence electrons. The molecule has 12 atom stereocenters. The van der Waals surface area contributed by atoms with Crippen LogP contribution in [-0.2, 0) is 28.5 Å². The molecular weight excluding hydrogens is 522 g/mol. The maximum Gasteiger partial charge on any atom is 0.355 e. The lowest BCUT2D eigenvalue weighted by Gasteiger charge is -2.49. The van der Waals surface area contributed by atoms with E-state index in [0.29, 0.717) is 0 Å². The Morgan fingerprint density at radius 3 is 2.70 bits per heavy atom. The number of esters is 2. The number of cyclic esters (lactones) is 1. The molecule has 1 aromatic heterocycles. The third kappa shape index (κ3) is 4.72. The van der Waals surface area contributed by atoms with Crippen LogP contribution in [0.2, 0.25) is 0 Å². The minimum Gasteiger partial charge on any atom is -0.457 e. The molecule has 11 heteroatoms. The summed E-state index contributed by atoms with van der Waals surface area (Å²) in [7, 11) is 2.97. The monoisotopic (exact) mass is 561 g/mol. The number of aromatic nitrogens is 1. The molecule has 0 aromatic carbocycles. The summed E-state index contributed by atoms with van der Waals surface area (Å²) in [6, 6.07) is 3.31. The predicted molar refractivity (Wildman–Crippen MR) is 140 cm³/mol. The Hall–Kier alpha value is -2.54. The van der Waals surface area contributed by atoms with Gasteiger partial charge in [0.1, 0.15) is 35.7 Å². The predicted octanol–water partition coefficient (Wildman–Crippen LogP) is 0.999. The van der Waals surface area contributed by atoms with Crippen LogP contribution in [0.4, 0.5) is 0 Å². The SMILES string of the molecule is COCC(O)C1OC(=O)C(O)CC2C=CC3C4OC2(/C(C)=C\C1C)C3C(O)C(COC)C4OC(=O)c1ccc[nH]1. The van der Waals surface area contributed by atoms with Crippen LogP contribution in [-0.4, -0.2) is 102 Å². The van der Waals surface area contributed by atoms with E-state index in [2.05, 4.69) is 4.98 Å². The lowest BCUT2D eigenvalue weighted by atomic mass is 9.57. The van der Waals surface area contributed by atoms with Gasteiger partial charge in [0.05, 0.1) is 19.3 Å². The van der Waals surface area contributed by atoms with Gasteiger partial charge in [-0.3, -0.25) is 0 Å². The van der Waals surface area contributed by atoms with Gasteiger partial charge in [-0.2, -0.15) is 0 Å². The number of aromatic amines is 1. The van der Waals surface area contributed by atoms with Gasteiger partial charge in [-0.1, -0.05) is 25.2 Å². The van der Waals surface area contributed by atoms with Gasteiger partial charge in [-0.15, -0.1) is 0 Å². The second-order valence-corrected chi connectivity index (χ2v) is 11.4. The van der Waals surface area contributed by atoms with Crippen molar-refractivity contribution in [1.29, 1.82) is 0 Å². The van der Waals surface area contributed by atoms with Gasteiger partial charge >= 0.3 is 11.9 Å². The smallest absolute Gasteiger partial charge is 0.355 e. The Morgan fingerprint density at radius 2 is 2.02 bits per heavy atom. The van der Waals surface area contributed by atoms with Crippen molar-refractivity contribution in [2.24, 2.45) is 29.6 Å². The van der Waals surface area contributed by atoms with E-state index in [-0.39, 0.29) is 31.2 Å². The lowest BCUT2D eigenvalue weighted by Crippen LogP contribution is -2.58. The van der Waals surface area contributed by atoms with Crippen molar-refractivity contribution in [3.05, 3.63) is 47.8 Å². The molecule has 40 heavy (non-hydrogen) atoms. The minimum absolute atomic E-state index is 0.0213. The summed E-state index contributed by atoms with van der Waals surface area (Å²) in [4.78, 5) is 28.8. The third-order valence-electron chi connectivity index (χ3n) is 9.07. The summed E-state index contributed by atoms with van der Waals surface area (Å²) in [5, 5.41) is 33.5. The van der Waals surface area contributed by atoms with E-state index < -0.39 is 77.8 Å². The summed E-state index contributed by atoms with van der Waals surface area (Å²) in [6.07, 6.45) is 1.38. The first-order valence-corrected chi connectivity index (χ1v) is 13.8. The van der Waals surface area contributed by atoms with Crippen LogP contribution in [0.25, 0.3) is 0 Å². The van der Waals surface area contributed by atoms with Crippen LogP contribution in [0.3, 0.4) is 0 Å². The normalized spacial score (nSPS) is 42.8. The first kappa shape index (κ1) is 29.0. The number of ether oxygens (including phenoxy) is 5. The van der Waals surface area contributed by atoms with Crippen molar-refractivity contribution in [2.45, 2.75) is 62.5 Å². The van der Waals surface area contributed by atoms with E-state index in [1.165, 1.54) is 14.2 Å². The first-order valence-electron chi connectivity index (χ1n) is 13.8. The number of rotatable bonds is 7. The molecule has 0 radical (unpaired) electrons. The van der Waals surface area contributed by atoms with Gasteiger partial charge in [0.15, 0.2) is 6.10 Å². The van der Waals surface area contributed by atoms with Crippen LogP contribution in [0.1, 0.15) is 30.8 Å². The van der Waals surface area contributed by atoms with Gasteiger partial charge in [0.2, 0.25) is 0 Å². The molecule has 4 aliphatic rings. The number of methoxy groups -OCH3 is 2. The summed E-state index contributed by atoms with van der Waals surface area (Å²) < 4.78 is 29.0. The van der Waals surface area contributed by atoms with Crippen LogP contribution in [0, 0.1) is 29.6 Å². The molecule has 11 nitrogen and oxygen atoms in total. The highest BCUT2D eigenvalue weighted by Gasteiger charge is 2.69. The van der Waals surface area contributed by atoms with Crippen LogP contribution in [0.5, 0.6) is 0 Å². The maximum absolute atomic E-state index is 13.0. The highest BCUT2D eigenvalue weighted by molar-refractivity contribution is 5.87. The number of hydrogen-bond donors (Lipinski definition) is 4. The molecule has 1 spiro atoms. The summed E-state index contributed by atoms with van der Waals surface area (Å²) in [5.41, 5.74) is -0.0448. The molecule has 4 bridgehead atoms. The highest BCUT2D eigenvalue weighted by atomic mass is 16.6. The molecule has 4 N–H and O–H groups in total. The van der Waals surface area contributed by atoms with Crippen molar-refractivity contribution in [2.75, 3.05) is 27.4 Å². The number of hydrogen-bond acceptors (Lipinski definition) is 10. The highest BCUT2D eigenvalue weighted by Crippen LogP contribution is 2.61. The minimum atomic E-state index is -1.49. The lowest BCUT2D eigenvalue weighted by molar-refractivity contribution is -0.172. The van der Waals surface area contributed by atoms with E-state index in [1.54, 1.807) is 18.3 Å². The van der Waals surface area contributed by atoms with Crippen LogP contribution >= 0.6 is 0 Å². The standard InChI is InChI=1S/C29H39NO10/c1-14-10-15(2)29-16(11-20(31)28(35)38-24(14)21(32)13-37-4)7-8-17-22(29)23(33)18(12-36-3)25(26(17)40-29)39-27(34)19-6-5-9-30-19/h5-10,14,16-18,20-26,30-33H,11-13H2,1-4H3/b15-10-. The average Bonchev–Trinajstić information content (AvgIpc) is 3.52. The first-order chi connectivity index (χ1) is 19.1. The Morgan fingerprint density at radius 1 is 1.25 bits per heavy atom. The molecule has 3 heterocycles. The number of carbonyl (C=O) groups excluding carboxylic acids is 2. The largest absolute Gasteiger partial charge is 0.457 e. The zero-order chi connectivity index (χ0) is 28.8. The second kappa shape index (κ2) is 11.4. The fraction of sp³-hybridized carbons (Fsp3) is 0.655. The Bertz CT molecular complexity index is 1130. The van der Waals surface area contributed by atoms with Crippen molar-refractivity contribution in [3.8, 4) is 0 Å². The Labute approximate surface area is 233 Å². The van der Waals surface area contributed by atoms with Gasteiger partial charge < -0.3 is 44.0 Å². The van der Waals surface area contributed by atoms with Gasteiger partial charge in [0, 0.05) is 50.0 Å². The third-order valence-corrected chi connectivity index (χ3v) is 9.07. The molecule has 1 saturated carbocycles. The van der Waals surface area contributed by atoms with Gasteiger partial charge in [0.25, 0.3) is 0 Å². The number of aliphatic hydroxyl groups is 3. The van der Waals surface area contributed by atoms with Crippen LogP contribution in [0.15, 0.2) is 42.1 Å². The summed E-state index contributed by atoms with van der Waals surface area (Å²) in [5.74, 6) is -3.69. The zero-order valence-corrected chi connectivity index (χ0v) is 23.1. The van der Waals surface area contributed by atoms with Crippen molar-refractivity contribution >= 4 is 11.9 Å². The zero-order valence-electron chi connectivity index (χ0n) is 23.1. The second-order valence-electron chi connectivity index (χ2n) is 11.4. The van der Waals surface area contributed by atoms with Gasteiger partial charge in [-0.05, 0) is 31.1 Å². The summed E-state index contributed by atoms with van der Waals surface area (Å²) in [6.45, 7) is 3.78. The summed E-state index contributed by atoms with van der Waals surface area (Å²) >= 11 is 0. The van der Waals surface area contributed by atoms with E-state index >= 15 is 0 Å².